The molecule has 2 aliphatic rings. The number of rotatable bonds is 3. The summed E-state index contributed by atoms with van der Waals surface area (Å²) in [5.41, 5.74) is 0. The summed E-state index contributed by atoms with van der Waals surface area (Å²) in [6.45, 7) is 8.57. The third kappa shape index (κ3) is 5.03. The molecule has 0 aromatic carbocycles. The third-order valence-electron chi connectivity index (χ3n) is 4.13. The summed E-state index contributed by atoms with van der Waals surface area (Å²) in [6, 6.07) is 0. The van der Waals surface area contributed by atoms with Gasteiger partial charge in [-0.05, 0) is 24.7 Å². The summed E-state index contributed by atoms with van der Waals surface area (Å²) in [4.78, 5) is 0. The zero-order chi connectivity index (χ0) is 14.4. The minimum atomic E-state index is -0.495. The van der Waals surface area contributed by atoms with E-state index in [1.807, 2.05) is 0 Å². The Labute approximate surface area is 117 Å². The Morgan fingerprint density at radius 2 is 1.53 bits per heavy atom. The van der Waals surface area contributed by atoms with Gasteiger partial charge in [-0.15, -0.1) is 0 Å². The van der Waals surface area contributed by atoms with Crippen LogP contribution < -0.4 is 0 Å². The molecule has 2 rings (SSSR count). The highest BCUT2D eigenvalue weighted by Gasteiger charge is 2.30. The molecular weight excluding hydrogens is 244 g/mol. The van der Waals surface area contributed by atoms with Crippen molar-refractivity contribution in [1.82, 2.24) is 0 Å². The van der Waals surface area contributed by atoms with E-state index in [0.717, 1.165) is 25.7 Å². The Kier molecular flexibility index (Phi) is 7.29. The number of ether oxygens (including phenoxy) is 3. The predicted octanol–water partition coefficient (Wildman–Crippen LogP) is 2.93. The van der Waals surface area contributed by atoms with E-state index in [-0.39, 0.29) is 6.29 Å². The minimum absolute atomic E-state index is 0.0555. The van der Waals surface area contributed by atoms with E-state index in [4.69, 9.17) is 19.3 Å². The Morgan fingerprint density at radius 1 is 1.00 bits per heavy atom. The molecule has 2 aliphatic heterocycles. The summed E-state index contributed by atoms with van der Waals surface area (Å²) in [5.74, 6) is 1.19. The van der Waals surface area contributed by atoms with Crippen molar-refractivity contribution in [2.75, 3.05) is 7.11 Å². The molecule has 0 aliphatic carbocycles. The molecule has 0 radical (unpaired) electrons. The van der Waals surface area contributed by atoms with Crippen LogP contribution in [0.25, 0.3) is 0 Å². The van der Waals surface area contributed by atoms with Gasteiger partial charge in [-0.25, -0.2) is 0 Å². The number of aliphatic hydroxyl groups excluding tert-OH is 1. The van der Waals surface area contributed by atoms with E-state index in [1.165, 1.54) is 0 Å². The van der Waals surface area contributed by atoms with Crippen molar-refractivity contribution in [3.05, 3.63) is 0 Å². The maximum atomic E-state index is 8.98. The Balaban J connectivity index is 0.000000191. The monoisotopic (exact) mass is 274 g/mol. The van der Waals surface area contributed by atoms with Gasteiger partial charge >= 0.3 is 0 Å². The molecule has 114 valence electrons. The number of hydrogen-bond donors (Lipinski definition) is 1. The maximum absolute atomic E-state index is 8.98. The molecule has 2 unspecified atom stereocenters. The third-order valence-corrected chi connectivity index (χ3v) is 4.13. The van der Waals surface area contributed by atoms with Crippen LogP contribution in [0.3, 0.4) is 0 Å². The van der Waals surface area contributed by atoms with Gasteiger partial charge in [0.1, 0.15) is 0 Å². The SMILES string of the molecule is CC[C@H]1OC(O)C[C@@H]1C.CC[C@H]1OC(OC)C[C@@H]1C. The van der Waals surface area contributed by atoms with Gasteiger partial charge in [0.15, 0.2) is 12.6 Å². The van der Waals surface area contributed by atoms with Crippen molar-refractivity contribution in [3.8, 4) is 0 Å². The quantitative estimate of drug-likeness (QED) is 0.859. The van der Waals surface area contributed by atoms with Crippen molar-refractivity contribution < 1.29 is 19.3 Å². The molecular formula is C15H30O4. The molecule has 4 heteroatoms. The summed E-state index contributed by atoms with van der Waals surface area (Å²) in [6.07, 6.45) is 4.24. The fourth-order valence-electron chi connectivity index (χ4n) is 2.85. The minimum Gasteiger partial charge on any atom is -0.368 e. The summed E-state index contributed by atoms with van der Waals surface area (Å²) < 4.78 is 15.8. The van der Waals surface area contributed by atoms with E-state index < -0.39 is 6.29 Å². The van der Waals surface area contributed by atoms with Gasteiger partial charge in [-0.2, -0.15) is 0 Å². The second kappa shape index (κ2) is 8.20. The van der Waals surface area contributed by atoms with Gasteiger partial charge in [0.25, 0.3) is 0 Å². The molecule has 4 nitrogen and oxygen atoms in total. The first-order valence-electron chi connectivity index (χ1n) is 7.53. The molecule has 0 saturated carbocycles. The molecule has 19 heavy (non-hydrogen) atoms. The van der Waals surface area contributed by atoms with Crippen LogP contribution in [-0.4, -0.2) is 37.0 Å². The lowest BCUT2D eigenvalue weighted by Crippen LogP contribution is -2.13. The molecule has 0 spiro atoms. The van der Waals surface area contributed by atoms with Gasteiger partial charge in [-0.1, -0.05) is 27.7 Å². The first-order valence-corrected chi connectivity index (χ1v) is 7.53. The lowest BCUT2D eigenvalue weighted by atomic mass is 10.0. The lowest BCUT2D eigenvalue weighted by molar-refractivity contribution is -0.115. The molecule has 0 bridgehead atoms. The summed E-state index contributed by atoms with van der Waals surface area (Å²) in [5, 5.41) is 8.98. The van der Waals surface area contributed by atoms with Crippen molar-refractivity contribution in [3.63, 3.8) is 0 Å². The van der Waals surface area contributed by atoms with Crippen LogP contribution in [0.1, 0.15) is 53.4 Å². The number of methoxy groups -OCH3 is 1. The van der Waals surface area contributed by atoms with Crippen LogP contribution in [-0.2, 0) is 14.2 Å². The smallest absolute Gasteiger partial charge is 0.157 e. The molecule has 2 fully saturated rings. The average molecular weight is 274 g/mol. The predicted molar refractivity (Wildman–Crippen MR) is 74.7 cm³/mol. The van der Waals surface area contributed by atoms with Crippen molar-refractivity contribution in [2.45, 2.75) is 78.2 Å². The molecule has 0 amide bonds. The van der Waals surface area contributed by atoms with Crippen LogP contribution >= 0.6 is 0 Å². The van der Waals surface area contributed by atoms with Crippen LogP contribution in [0.4, 0.5) is 0 Å². The van der Waals surface area contributed by atoms with Crippen molar-refractivity contribution in [2.24, 2.45) is 11.8 Å². The second-order valence-corrected chi connectivity index (χ2v) is 5.71. The molecule has 0 aromatic heterocycles. The zero-order valence-corrected chi connectivity index (χ0v) is 13.0. The molecule has 6 atom stereocenters. The fraction of sp³-hybridized carbons (Fsp3) is 1.00. The topological polar surface area (TPSA) is 47.9 Å². The fourth-order valence-corrected chi connectivity index (χ4v) is 2.85. The van der Waals surface area contributed by atoms with Gasteiger partial charge in [0, 0.05) is 20.0 Å². The molecule has 2 heterocycles. The second-order valence-electron chi connectivity index (χ2n) is 5.71. The van der Waals surface area contributed by atoms with E-state index in [9.17, 15) is 0 Å². The normalized spacial score (nSPS) is 42.0. The van der Waals surface area contributed by atoms with Crippen LogP contribution in [0, 0.1) is 11.8 Å². The van der Waals surface area contributed by atoms with E-state index in [2.05, 4.69) is 27.7 Å². The van der Waals surface area contributed by atoms with E-state index >= 15 is 0 Å². The Bertz CT molecular complexity index is 246. The molecule has 2 saturated heterocycles. The van der Waals surface area contributed by atoms with Gasteiger partial charge < -0.3 is 19.3 Å². The largest absolute Gasteiger partial charge is 0.368 e. The van der Waals surface area contributed by atoms with Crippen LogP contribution in [0.2, 0.25) is 0 Å². The Hall–Kier alpha value is -0.160. The number of hydrogen-bond acceptors (Lipinski definition) is 4. The van der Waals surface area contributed by atoms with Gasteiger partial charge in [0.05, 0.1) is 12.2 Å². The molecule has 1 N–H and O–H groups in total. The summed E-state index contributed by atoms with van der Waals surface area (Å²) >= 11 is 0. The number of aliphatic hydroxyl groups is 1. The first-order chi connectivity index (χ1) is 9.01. The van der Waals surface area contributed by atoms with Crippen LogP contribution in [0.15, 0.2) is 0 Å². The maximum Gasteiger partial charge on any atom is 0.157 e. The molecule has 0 aromatic rings. The standard InChI is InChI=1S/C8H16O2.C7H14O2/c1-4-7-6(2)5-8(9-3)10-7;1-3-6-5(2)4-7(8)9-6/h6-8H,4-5H2,1-3H3;5-8H,3-4H2,1-2H3/t6-,7+,8?;5-,6+,7?/m00/s1. The van der Waals surface area contributed by atoms with Gasteiger partial charge in [-0.3, -0.25) is 0 Å². The first kappa shape index (κ1) is 16.9. The van der Waals surface area contributed by atoms with E-state index in [1.54, 1.807) is 7.11 Å². The lowest BCUT2D eigenvalue weighted by Gasteiger charge is -2.11. The van der Waals surface area contributed by atoms with Crippen molar-refractivity contribution >= 4 is 0 Å². The van der Waals surface area contributed by atoms with Gasteiger partial charge in [0.2, 0.25) is 0 Å². The summed E-state index contributed by atoms with van der Waals surface area (Å²) in [7, 11) is 1.70. The highest BCUT2D eigenvalue weighted by Crippen LogP contribution is 2.28. The highest BCUT2D eigenvalue weighted by molar-refractivity contribution is 4.74. The van der Waals surface area contributed by atoms with Crippen molar-refractivity contribution in [1.29, 1.82) is 0 Å². The van der Waals surface area contributed by atoms with E-state index in [0.29, 0.717) is 24.0 Å². The average Bonchev–Trinajstić information content (AvgIpc) is 2.92. The van der Waals surface area contributed by atoms with Crippen LogP contribution in [0.5, 0.6) is 0 Å². The highest BCUT2D eigenvalue weighted by atomic mass is 16.7. The zero-order valence-electron chi connectivity index (χ0n) is 13.0. The Morgan fingerprint density at radius 3 is 1.79 bits per heavy atom.